The minimum atomic E-state index is -0.424. The van der Waals surface area contributed by atoms with E-state index in [2.05, 4.69) is 5.92 Å². The van der Waals surface area contributed by atoms with Gasteiger partial charge >= 0.3 is 0 Å². The molecule has 0 spiro atoms. The van der Waals surface area contributed by atoms with Gasteiger partial charge in [-0.1, -0.05) is 5.92 Å². The molecule has 0 N–H and O–H groups in total. The van der Waals surface area contributed by atoms with Crippen LogP contribution in [0, 0.1) is 12.3 Å². The molecule has 0 bridgehead atoms. The van der Waals surface area contributed by atoms with Gasteiger partial charge in [0.1, 0.15) is 0 Å². The monoisotopic (exact) mass is 144 g/mol. The van der Waals surface area contributed by atoms with Crippen molar-refractivity contribution < 1.29 is 4.18 Å². The summed E-state index contributed by atoms with van der Waals surface area (Å²) in [5, 5.41) is 1.80. The zero-order chi connectivity index (χ0) is 5.98. The third-order valence-corrected chi connectivity index (χ3v) is 2.16. The van der Waals surface area contributed by atoms with Crippen LogP contribution in [-0.4, -0.2) is 6.61 Å². The zero-order valence-corrected chi connectivity index (χ0v) is 5.72. The van der Waals surface area contributed by atoms with Gasteiger partial charge in [-0.15, -0.1) is 6.42 Å². The topological polar surface area (TPSA) is 9.23 Å². The Hall–Kier alpha value is -0.170. The van der Waals surface area contributed by atoms with Gasteiger partial charge in [0.2, 0.25) is 0 Å². The number of rotatable bonds is 0. The largest absolute Gasteiger partial charge is 0.303 e. The maximum absolute atomic E-state index is 5.06. The van der Waals surface area contributed by atoms with Crippen molar-refractivity contribution in [3.8, 4) is 12.3 Å². The fraction of sp³-hybridized carbons (Fsp3) is 0.200. The van der Waals surface area contributed by atoms with E-state index < -0.39 is 9.74 Å². The highest BCUT2D eigenvalue weighted by molar-refractivity contribution is 8.28. The van der Waals surface area contributed by atoms with Crippen molar-refractivity contribution in [1.82, 2.24) is 0 Å². The summed E-state index contributed by atoms with van der Waals surface area (Å²) in [7, 11) is -0.424. The molecule has 0 aromatic heterocycles. The summed E-state index contributed by atoms with van der Waals surface area (Å²) in [5.41, 5.74) is 0.878. The molecule has 0 amide bonds. The standard InChI is InChI=1S/C5H4OS2/c1-2-5-3-6-8(7)4-5/h1,4H,3H2. The van der Waals surface area contributed by atoms with Gasteiger partial charge < -0.3 is 4.18 Å². The molecule has 1 rings (SSSR count). The van der Waals surface area contributed by atoms with Crippen LogP contribution in [0.1, 0.15) is 0 Å². The number of hydrogen-bond donors (Lipinski definition) is 0. The van der Waals surface area contributed by atoms with E-state index in [-0.39, 0.29) is 0 Å². The van der Waals surface area contributed by atoms with Crippen LogP contribution in [-0.2, 0) is 25.1 Å². The fourth-order valence-corrected chi connectivity index (χ4v) is 1.55. The van der Waals surface area contributed by atoms with Gasteiger partial charge in [0.15, 0.2) is 0 Å². The van der Waals surface area contributed by atoms with Crippen molar-refractivity contribution in [3.05, 3.63) is 11.0 Å². The lowest BCUT2D eigenvalue weighted by molar-refractivity contribution is 0.430. The van der Waals surface area contributed by atoms with E-state index in [1.54, 1.807) is 5.41 Å². The maximum Gasteiger partial charge on any atom is 0.0956 e. The molecule has 1 aliphatic rings. The van der Waals surface area contributed by atoms with Crippen molar-refractivity contribution in [2.75, 3.05) is 6.61 Å². The first-order valence-corrected chi connectivity index (χ1v) is 4.18. The molecule has 0 aromatic carbocycles. The third-order valence-electron chi connectivity index (χ3n) is 0.754. The van der Waals surface area contributed by atoms with Crippen molar-refractivity contribution in [1.29, 1.82) is 0 Å². The lowest BCUT2D eigenvalue weighted by Crippen LogP contribution is -1.83. The predicted octanol–water partition coefficient (Wildman–Crippen LogP) is 0.529. The average Bonchev–Trinajstić information content (AvgIpc) is 2.14. The highest BCUT2D eigenvalue weighted by Crippen LogP contribution is 2.07. The Kier molecular flexibility index (Phi) is 1.79. The Morgan fingerprint density at radius 3 is 3.00 bits per heavy atom. The molecular weight excluding hydrogens is 140 g/mol. The van der Waals surface area contributed by atoms with Crippen molar-refractivity contribution in [2.45, 2.75) is 0 Å². The number of terminal acetylenes is 1. The molecule has 42 valence electrons. The predicted molar refractivity (Wildman–Crippen MR) is 37.6 cm³/mol. The van der Waals surface area contributed by atoms with Crippen LogP contribution in [0.25, 0.3) is 0 Å². The first kappa shape index (κ1) is 5.96. The minimum Gasteiger partial charge on any atom is -0.303 e. The third kappa shape index (κ3) is 1.16. The molecular formula is C5H4OS2. The summed E-state index contributed by atoms with van der Waals surface area (Å²) < 4.78 is 4.96. The summed E-state index contributed by atoms with van der Waals surface area (Å²) in [4.78, 5) is 0. The molecule has 1 aliphatic heterocycles. The van der Waals surface area contributed by atoms with E-state index in [1.807, 2.05) is 0 Å². The van der Waals surface area contributed by atoms with Crippen molar-refractivity contribution >= 4 is 20.9 Å². The fourth-order valence-electron chi connectivity index (χ4n) is 0.381. The van der Waals surface area contributed by atoms with Crippen LogP contribution < -0.4 is 0 Å². The van der Waals surface area contributed by atoms with Gasteiger partial charge in [-0.3, -0.25) is 0 Å². The highest BCUT2D eigenvalue weighted by Gasteiger charge is 2.04. The van der Waals surface area contributed by atoms with Crippen LogP contribution in [0.5, 0.6) is 0 Å². The SMILES string of the molecule is C#CC1=CS(=S)OC1. The molecule has 1 unspecified atom stereocenters. The lowest BCUT2D eigenvalue weighted by atomic mass is 10.3. The van der Waals surface area contributed by atoms with Crippen LogP contribution in [0.15, 0.2) is 11.0 Å². The average molecular weight is 144 g/mol. The van der Waals surface area contributed by atoms with Crippen LogP contribution >= 0.6 is 0 Å². The Morgan fingerprint density at radius 2 is 2.75 bits per heavy atom. The highest BCUT2D eigenvalue weighted by atomic mass is 32.8. The quantitative estimate of drug-likeness (QED) is 0.459. The second-order valence-electron chi connectivity index (χ2n) is 1.31. The van der Waals surface area contributed by atoms with Gasteiger partial charge in [0, 0.05) is 20.7 Å². The van der Waals surface area contributed by atoms with Crippen molar-refractivity contribution in [3.63, 3.8) is 0 Å². The first-order chi connectivity index (χ1) is 3.83. The molecule has 0 aliphatic carbocycles. The second kappa shape index (κ2) is 2.40. The normalized spacial score (nSPS) is 26.9. The smallest absolute Gasteiger partial charge is 0.0956 e. The van der Waals surface area contributed by atoms with E-state index in [0.717, 1.165) is 5.57 Å². The van der Waals surface area contributed by atoms with E-state index in [0.29, 0.717) is 6.61 Å². The van der Waals surface area contributed by atoms with E-state index in [1.165, 1.54) is 0 Å². The molecule has 0 radical (unpaired) electrons. The molecule has 0 aromatic rings. The van der Waals surface area contributed by atoms with Crippen LogP contribution in [0.3, 0.4) is 0 Å². The first-order valence-electron chi connectivity index (χ1n) is 2.04. The van der Waals surface area contributed by atoms with Gasteiger partial charge in [-0.05, 0) is 11.2 Å². The molecule has 8 heavy (non-hydrogen) atoms. The van der Waals surface area contributed by atoms with Crippen LogP contribution in [0.4, 0.5) is 0 Å². The Balaban J connectivity index is 2.75. The lowest BCUT2D eigenvalue weighted by Gasteiger charge is -1.84. The molecule has 0 saturated heterocycles. The summed E-state index contributed by atoms with van der Waals surface area (Å²) in [6, 6.07) is 0. The molecule has 0 fully saturated rings. The molecule has 3 heteroatoms. The minimum absolute atomic E-state index is 0.424. The van der Waals surface area contributed by atoms with E-state index in [9.17, 15) is 0 Å². The summed E-state index contributed by atoms with van der Waals surface area (Å²) in [5.74, 6) is 2.47. The van der Waals surface area contributed by atoms with Gasteiger partial charge in [0.25, 0.3) is 0 Å². The Bertz CT molecular complexity index is 187. The van der Waals surface area contributed by atoms with Gasteiger partial charge in [-0.25, -0.2) is 0 Å². The Labute approximate surface area is 55.5 Å². The summed E-state index contributed by atoms with van der Waals surface area (Å²) >= 11 is 4.78. The van der Waals surface area contributed by atoms with Gasteiger partial charge in [-0.2, -0.15) is 0 Å². The molecule has 0 saturated carbocycles. The number of hydrogen-bond acceptors (Lipinski definition) is 2. The van der Waals surface area contributed by atoms with E-state index >= 15 is 0 Å². The summed E-state index contributed by atoms with van der Waals surface area (Å²) in [6.45, 7) is 0.531. The summed E-state index contributed by atoms with van der Waals surface area (Å²) in [6.07, 6.45) is 5.06. The second-order valence-corrected chi connectivity index (χ2v) is 3.29. The Morgan fingerprint density at radius 1 is 2.00 bits per heavy atom. The van der Waals surface area contributed by atoms with Crippen molar-refractivity contribution in [2.24, 2.45) is 0 Å². The van der Waals surface area contributed by atoms with Crippen LogP contribution in [0.2, 0.25) is 0 Å². The molecule has 1 nitrogen and oxygen atoms in total. The van der Waals surface area contributed by atoms with Gasteiger partial charge in [0.05, 0.1) is 6.61 Å². The molecule has 1 heterocycles. The van der Waals surface area contributed by atoms with E-state index in [4.69, 9.17) is 21.8 Å². The zero-order valence-electron chi connectivity index (χ0n) is 4.09. The maximum atomic E-state index is 5.06. The molecule has 1 atom stereocenters.